The molecule has 0 aromatic heterocycles. The summed E-state index contributed by atoms with van der Waals surface area (Å²) in [7, 11) is 5.55. The van der Waals surface area contributed by atoms with E-state index in [2.05, 4.69) is 0 Å². The van der Waals surface area contributed by atoms with Crippen molar-refractivity contribution in [2.24, 2.45) is 5.92 Å². The number of ether oxygens (including phenoxy) is 3. The number of ketones is 1. The van der Waals surface area contributed by atoms with E-state index >= 15 is 0 Å². The van der Waals surface area contributed by atoms with E-state index < -0.39 is 29.5 Å². The second kappa shape index (κ2) is 7.68. The minimum Gasteiger partial charge on any atom is -0.493 e. The van der Waals surface area contributed by atoms with Crippen molar-refractivity contribution in [1.29, 1.82) is 0 Å². The van der Waals surface area contributed by atoms with Crippen molar-refractivity contribution < 1.29 is 33.4 Å². The number of nitrogens with zero attached hydrogens (tertiary/aromatic N) is 1. The van der Waals surface area contributed by atoms with Gasteiger partial charge in [-0.3, -0.25) is 24.6 Å². The number of carbonyl (C=O) groups is 4. The normalized spacial score (nSPS) is 17.3. The van der Waals surface area contributed by atoms with Gasteiger partial charge in [-0.25, -0.2) is 4.79 Å². The van der Waals surface area contributed by atoms with Crippen LogP contribution < -0.4 is 19.5 Å². The Morgan fingerprint density at radius 2 is 1.65 bits per heavy atom. The molecule has 1 saturated heterocycles. The molecular formula is C17H18N2O7. The highest BCUT2D eigenvalue weighted by Crippen LogP contribution is 2.38. The third kappa shape index (κ3) is 3.51. The van der Waals surface area contributed by atoms with E-state index in [9.17, 15) is 19.2 Å². The van der Waals surface area contributed by atoms with E-state index in [1.807, 2.05) is 5.32 Å². The highest BCUT2D eigenvalue weighted by atomic mass is 16.5. The average Bonchev–Trinajstić information content (AvgIpc) is 2.63. The molecule has 1 aromatic rings. The summed E-state index contributed by atoms with van der Waals surface area (Å²) in [6.07, 6.45) is 2.50. The van der Waals surface area contributed by atoms with Crippen LogP contribution in [0.4, 0.5) is 4.79 Å². The van der Waals surface area contributed by atoms with Gasteiger partial charge in [0.1, 0.15) is 0 Å². The number of carbonyl (C=O) groups excluding carboxylic acids is 4. The molecule has 1 aliphatic heterocycles. The van der Waals surface area contributed by atoms with E-state index in [0.29, 0.717) is 27.7 Å². The lowest BCUT2D eigenvalue weighted by Gasteiger charge is -2.25. The molecule has 1 aliphatic rings. The highest BCUT2D eigenvalue weighted by molar-refractivity contribution is 6.28. The van der Waals surface area contributed by atoms with Gasteiger partial charge in [-0.2, -0.15) is 0 Å². The van der Waals surface area contributed by atoms with Gasteiger partial charge in [0.2, 0.25) is 11.7 Å². The first-order chi connectivity index (χ1) is 12.3. The van der Waals surface area contributed by atoms with E-state index in [0.717, 1.165) is 6.08 Å². The van der Waals surface area contributed by atoms with E-state index in [1.54, 1.807) is 12.1 Å². The maximum Gasteiger partial charge on any atom is 0.330 e. The van der Waals surface area contributed by atoms with E-state index in [1.165, 1.54) is 34.5 Å². The molecule has 0 radical (unpaired) electrons. The predicted molar refractivity (Wildman–Crippen MR) is 89.9 cm³/mol. The van der Waals surface area contributed by atoms with Crippen LogP contribution in [0.1, 0.15) is 5.56 Å². The Labute approximate surface area is 149 Å². The van der Waals surface area contributed by atoms with Gasteiger partial charge in [-0.1, -0.05) is 6.08 Å². The Morgan fingerprint density at radius 3 is 2.15 bits per heavy atom. The topological polar surface area (TPSA) is 111 Å². The first kappa shape index (κ1) is 19.0. The molecule has 9 heteroatoms. The van der Waals surface area contributed by atoms with Gasteiger partial charge in [0.15, 0.2) is 23.2 Å². The Morgan fingerprint density at radius 1 is 1.08 bits per heavy atom. The van der Waals surface area contributed by atoms with Crippen LogP contribution in [0.3, 0.4) is 0 Å². The Balaban J connectivity index is 2.29. The van der Waals surface area contributed by atoms with Gasteiger partial charge in [0, 0.05) is 7.05 Å². The van der Waals surface area contributed by atoms with Crippen LogP contribution in [0.2, 0.25) is 0 Å². The second-order valence-electron chi connectivity index (χ2n) is 5.32. The lowest BCUT2D eigenvalue weighted by atomic mass is 9.98. The SMILES string of the molecule is COc1cc(/C=C/C(=O)[C@@H]2C(=O)NC(=O)N(C)C2=O)cc(OC)c1OC. The van der Waals surface area contributed by atoms with Gasteiger partial charge in [-0.15, -0.1) is 0 Å². The van der Waals surface area contributed by atoms with Gasteiger partial charge < -0.3 is 14.2 Å². The maximum atomic E-state index is 12.3. The van der Waals surface area contributed by atoms with Crippen LogP contribution in [0.5, 0.6) is 17.2 Å². The number of allylic oxidation sites excluding steroid dienone is 1. The molecule has 0 unspecified atom stereocenters. The van der Waals surface area contributed by atoms with Crippen LogP contribution in [0.25, 0.3) is 6.08 Å². The molecule has 138 valence electrons. The Bertz CT molecular complexity index is 775. The van der Waals surface area contributed by atoms with Gasteiger partial charge >= 0.3 is 6.03 Å². The molecule has 1 atom stereocenters. The van der Waals surface area contributed by atoms with Gasteiger partial charge in [0.05, 0.1) is 21.3 Å². The van der Waals surface area contributed by atoms with Crippen molar-refractivity contribution in [2.75, 3.05) is 28.4 Å². The molecule has 0 saturated carbocycles. The van der Waals surface area contributed by atoms with Crippen molar-refractivity contribution >= 4 is 29.7 Å². The Kier molecular flexibility index (Phi) is 5.61. The number of hydrogen-bond acceptors (Lipinski definition) is 7. The molecule has 0 bridgehead atoms. The fraction of sp³-hybridized carbons (Fsp3) is 0.294. The number of imide groups is 2. The third-order valence-electron chi connectivity index (χ3n) is 3.79. The summed E-state index contributed by atoms with van der Waals surface area (Å²) in [6.45, 7) is 0. The predicted octanol–water partition coefficient (Wildman–Crippen LogP) is 0.619. The fourth-order valence-electron chi connectivity index (χ4n) is 2.39. The van der Waals surface area contributed by atoms with Gasteiger partial charge in [-0.05, 0) is 23.8 Å². The van der Waals surface area contributed by atoms with Crippen LogP contribution >= 0.6 is 0 Å². The van der Waals surface area contributed by atoms with Crippen molar-refractivity contribution in [3.05, 3.63) is 23.8 Å². The van der Waals surface area contributed by atoms with Crippen LogP contribution in [0, 0.1) is 5.92 Å². The lowest BCUT2D eigenvalue weighted by molar-refractivity contribution is -0.145. The van der Waals surface area contributed by atoms with Crippen LogP contribution in [-0.2, 0) is 14.4 Å². The minimum absolute atomic E-state index is 0.385. The summed E-state index contributed by atoms with van der Waals surface area (Å²) < 4.78 is 15.6. The number of rotatable bonds is 6. The summed E-state index contributed by atoms with van der Waals surface area (Å²) in [5.74, 6) is -3.01. The number of barbiturate groups is 1. The molecule has 1 heterocycles. The smallest absolute Gasteiger partial charge is 0.330 e. The van der Waals surface area contributed by atoms with Crippen LogP contribution in [-0.4, -0.2) is 56.9 Å². The zero-order chi connectivity index (χ0) is 19.4. The minimum atomic E-state index is -1.60. The fourth-order valence-corrected chi connectivity index (χ4v) is 2.39. The molecule has 2 rings (SSSR count). The molecule has 0 spiro atoms. The number of hydrogen-bond donors (Lipinski definition) is 1. The van der Waals surface area contributed by atoms with E-state index in [-0.39, 0.29) is 0 Å². The average molecular weight is 362 g/mol. The summed E-state index contributed by atoms with van der Waals surface area (Å²) in [5.41, 5.74) is 0.529. The standard InChI is InChI=1S/C17H18N2O7/c1-19-16(22)13(15(21)18-17(19)23)10(20)6-5-9-7-11(24-2)14(26-4)12(8-9)25-3/h5-8,13H,1-4H3,(H,18,21,23)/b6-5+/t13-/m1/s1. The molecule has 9 nitrogen and oxygen atoms in total. The molecule has 0 aliphatic carbocycles. The summed E-state index contributed by atoms with van der Waals surface area (Å²) in [6, 6.07) is 2.34. The summed E-state index contributed by atoms with van der Waals surface area (Å²) in [4.78, 5) is 48.2. The highest BCUT2D eigenvalue weighted by Gasteiger charge is 2.42. The number of amides is 4. The number of benzene rings is 1. The zero-order valence-electron chi connectivity index (χ0n) is 14.7. The van der Waals surface area contributed by atoms with Crippen molar-refractivity contribution in [3.8, 4) is 17.2 Å². The lowest BCUT2D eigenvalue weighted by Crippen LogP contribution is -2.58. The van der Waals surface area contributed by atoms with Crippen LogP contribution in [0.15, 0.2) is 18.2 Å². The third-order valence-corrected chi connectivity index (χ3v) is 3.79. The Hall–Kier alpha value is -3.36. The van der Waals surface area contributed by atoms with Gasteiger partial charge in [0.25, 0.3) is 5.91 Å². The molecule has 4 amide bonds. The van der Waals surface area contributed by atoms with Crippen molar-refractivity contribution in [1.82, 2.24) is 10.2 Å². The van der Waals surface area contributed by atoms with Crippen molar-refractivity contribution in [2.45, 2.75) is 0 Å². The molecular weight excluding hydrogens is 344 g/mol. The molecule has 26 heavy (non-hydrogen) atoms. The zero-order valence-corrected chi connectivity index (χ0v) is 14.7. The monoisotopic (exact) mass is 362 g/mol. The molecule has 1 fully saturated rings. The maximum absolute atomic E-state index is 12.3. The molecule has 1 aromatic carbocycles. The summed E-state index contributed by atoms with van der Waals surface area (Å²) >= 11 is 0. The number of methoxy groups -OCH3 is 3. The second-order valence-corrected chi connectivity index (χ2v) is 5.32. The first-order valence-electron chi connectivity index (χ1n) is 7.48. The molecule has 1 N–H and O–H groups in total. The van der Waals surface area contributed by atoms with E-state index in [4.69, 9.17) is 14.2 Å². The van der Waals surface area contributed by atoms with Crippen molar-refractivity contribution in [3.63, 3.8) is 0 Å². The quantitative estimate of drug-likeness (QED) is 0.583. The first-order valence-corrected chi connectivity index (χ1v) is 7.48. The number of nitrogens with one attached hydrogen (secondary N) is 1. The largest absolute Gasteiger partial charge is 0.493 e. The summed E-state index contributed by atoms with van der Waals surface area (Å²) in [5, 5.41) is 1.96. The number of urea groups is 1.